The van der Waals surface area contributed by atoms with E-state index in [-0.39, 0.29) is 32.0 Å². The van der Waals surface area contributed by atoms with Crippen LogP contribution in [-0.4, -0.2) is 89.0 Å². The molecule has 0 spiro atoms. The molecule has 1 saturated heterocycles. The number of rotatable bonds is 36. The zero-order valence-corrected chi connectivity index (χ0v) is 33.8. The van der Waals surface area contributed by atoms with Crippen molar-refractivity contribution in [2.24, 2.45) is 0 Å². The number of unbranched alkanes of at least 4 members (excludes halogenated alkanes) is 23. The van der Waals surface area contributed by atoms with Gasteiger partial charge in [0.05, 0.1) is 13.2 Å². The zero-order chi connectivity index (χ0) is 38.8. The molecule has 1 aliphatic rings. The van der Waals surface area contributed by atoms with Crippen molar-refractivity contribution >= 4 is 11.9 Å². The first-order chi connectivity index (χ1) is 25.8. The predicted octanol–water partition coefficient (Wildman–Crippen LogP) is 8.78. The minimum absolute atomic E-state index is 0.217. The van der Waals surface area contributed by atoms with E-state index >= 15 is 0 Å². The summed E-state index contributed by atoms with van der Waals surface area (Å²) < 4.78 is 22.1. The summed E-state index contributed by atoms with van der Waals surface area (Å²) in [4.78, 5) is 25.3. The van der Waals surface area contributed by atoms with Crippen molar-refractivity contribution in [1.82, 2.24) is 0 Å². The van der Waals surface area contributed by atoms with Gasteiger partial charge in [0.1, 0.15) is 31.0 Å². The van der Waals surface area contributed by atoms with E-state index in [9.17, 15) is 30.0 Å². The Labute approximate surface area is 322 Å². The minimum Gasteiger partial charge on any atom is -0.462 e. The summed E-state index contributed by atoms with van der Waals surface area (Å²) in [5.74, 6) is -0.812. The monoisotopic (exact) mass is 757 g/mol. The van der Waals surface area contributed by atoms with E-state index in [0.717, 1.165) is 51.4 Å². The van der Waals surface area contributed by atoms with Crippen LogP contribution in [-0.2, 0) is 28.5 Å². The molecule has 0 aromatic rings. The van der Waals surface area contributed by atoms with Crippen molar-refractivity contribution in [3.8, 4) is 0 Å². The van der Waals surface area contributed by atoms with Crippen LogP contribution in [0.4, 0.5) is 0 Å². The molecular formula is C43H80O10. The van der Waals surface area contributed by atoms with Crippen molar-refractivity contribution in [3.05, 3.63) is 12.2 Å². The van der Waals surface area contributed by atoms with Gasteiger partial charge in [0.15, 0.2) is 12.4 Å². The maximum absolute atomic E-state index is 12.7. The summed E-state index contributed by atoms with van der Waals surface area (Å²) in [6.45, 7) is 3.41. The smallest absolute Gasteiger partial charge is 0.306 e. The molecule has 53 heavy (non-hydrogen) atoms. The van der Waals surface area contributed by atoms with Crippen LogP contribution in [0.2, 0.25) is 0 Å². The van der Waals surface area contributed by atoms with Crippen LogP contribution in [0, 0.1) is 0 Å². The van der Waals surface area contributed by atoms with E-state index in [0.29, 0.717) is 6.42 Å². The van der Waals surface area contributed by atoms with E-state index in [1.165, 1.54) is 109 Å². The second-order valence-electron chi connectivity index (χ2n) is 15.2. The molecule has 0 aromatic carbocycles. The Morgan fingerprint density at radius 3 is 1.47 bits per heavy atom. The molecule has 1 aliphatic heterocycles. The lowest BCUT2D eigenvalue weighted by Crippen LogP contribution is -2.59. The van der Waals surface area contributed by atoms with Crippen LogP contribution >= 0.6 is 0 Å². The first-order valence-electron chi connectivity index (χ1n) is 21.8. The first-order valence-corrected chi connectivity index (χ1v) is 21.8. The number of aliphatic hydroxyl groups excluding tert-OH is 4. The van der Waals surface area contributed by atoms with Crippen molar-refractivity contribution in [2.75, 3.05) is 19.8 Å². The lowest BCUT2D eigenvalue weighted by molar-refractivity contribution is -0.305. The van der Waals surface area contributed by atoms with Crippen LogP contribution in [0.5, 0.6) is 0 Å². The Hall–Kier alpha value is -1.56. The number of hydrogen-bond donors (Lipinski definition) is 4. The van der Waals surface area contributed by atoms with E-state index in [1.54, 1.807) is 0 Å². The maximum Gasteiger partial charge on any atom is 0.306 e. The average Bonchev–Trinajstić information content (AvgIpc) is 3.15. The number of esters is 2. The standard InChI is InChI=1S/C43H80O10/c1-3-5-7-9-11-13-15-17-18-20-22-24-26-28-30-32-39(46)52-36(35-51-43-42(49)41(48)40(47)37(33-44)53-43)34-50-38(45)31-29-27-25-23-21-19-16-14-12-10-8-6-4-2/h18,20,36-37,40-44,47-49H,3-17,19,21-35H2,1-2H3. The Morgan fingerprint density at radius 2 is 1.00 bits per heavy atom. The van der Waals surface area contributed by atoms with Crippen LogP contribution < -0.4 is 0 Å². The molecule has 1 rings (SSSR count). The van der Waals surface area contributed by atoms with Crippen molar-refractivity contribution in [1.29, 1.82) is 0 Å². The van der Waals surface area contributed by atoms with Gasteiger partial charge in [-0.15, -0.1) is 0 Å². The fraction of sp³-hybridized carbons (Fsp3) is 0.907. The predicted molar refractivity (Wildman–Crippen MR) is 210 cm³/mol. The molecule has 0 bridgehead atoms. The molecule has 4 N–H and O–H groups in total. The topological polar surface area (TPSA) is 152 Å². The van der Waals surface area contributed by atoms with Crippen molar-refractivity contribution in [3.63, 3.8) is 0 Å². The number of aliphatic hydroxyl groups is 4. The normalized spacial score (nSPS) is 20.9. The van der Waals surface area contributed by atoms with Crippen LogP contribution in [0.15, 0.2) is 12.2 Å². The minimum atomic E-state index is -1.59. The molecule has 6 atom stereocenters. The number of carbonyl (C=O) groups is 2. The lowest BCUT2D eigenvalue weighted by atomic mass is 9.99. The number of ether oxygens (including phenoxy) is 4. The van der Waals surface area contributed by atoms with Gasteiger partial charge in [-0.25, -0.2) is 0 Å². The summed E-state index contributed by atoms with van der Waals surface area (Å²) >= 11 is 0. The third kappa shape index (κ3) is 26.8. The highest BCUT2D eigenvalue weighted by atomic mass is 16.7. The van der Waals surface area contributed by atoms with Gasteiger partial charge in [0, 0.05) is 12.8 Å². The molecule has 10 heteroatoms. The highest BCUT2D eigenvalue weighted by Crippen LogP contribution is 2.22. The third-order valence-corrected chi connectivity index (χ3v) is 10.2. The number of carbonyl (C=O) groups excluding carboxylic acids is 2. The fourth-order valence-corrected chi connectivity index (χ4v) is 6.65. The van der Waals surface area contributed by atoms with Gasteiger partial charge >= 0.3 is 11.9 Å². The third-order valence-electron chi connectivity index (χ3n) is 10.2. The van der Waals surface area contributed by atoms with Gasteiger partial charge in [-0.3, -0.25) is 9.59 Å². The molecule has 1 heterocycles. The van der Waals surface area contributed by atoms with Gasteiger partial charge in [-0.1, -0.05) is 154 Å². The molecule has 0 amide bonds. The molecule has 0 saturated carbocycles. The Balaban J connectivity index is 2.35. The van der Waals surface area contributed by atoms with Gasteiger partial charge in [0.2, 0.25) is 0 Å². The van der Waals surface area contributed by atoms with Crippen LogP contribution in [0.25, 0.3) is 0 Å². The summed E-state index contributed by atoms with van der Waals surface area (Å²) in [7, 11) is 0. The number of allylic oxidation sites excluding steroid dienone is 2. The molecule has 1 fully saturated rings. The highest BCUT2D eigenvalue weighted by Gasteiger charge is 2.44. The first kappa shape index (κ1) is 49.5. The summed E-state index contributed by atoms with van der Waals surface area (Å²) in [6, 6.07) is 0. The Kier molecular flexibility index (Phi) is 32.6. The molecular weight excluding hydrogens is 676 g/mol. The quantitative estimate of drug-likeness (QED) is 0.0277. The SMILES string of the molecule is CCCCCCCCCC=CCCCCCCC(=O)OC(COC(=O)CCCCCCCCCCCCCCC)COC1OC(CO)C(O)C(O)C1O. The Morgan fingerprint density at radius 1 is 0.566 bits per heavy atom. The van der Waals surface area contributed by atoms with Gasteiger partial charge < -0.3 is 39.4 Å². The zero-order valence-electron chi connectivity index (χ0n) is 33.8. The second-order valence-corrected chi connectivity index (χ2v) is 15.2. The summed E-state index contributed by atoms with van der Waals surface area (Å²) in [6.07, 6.45) is 27.9. The largest absolute Gasteiger partial charge is 0.462 e. The molecule has 312 valence electrons. The molecule has 0 aromatic heterocycles. The van der Waals surface area contributed by atoms with E-state index in [2.05, 4.69) is 26.0 Å². The van der Waals surface area contributed by atoms with E-state index in [4.69, 9.17) is 18.9 Å². The number of hydrogen-bond acceptors (Lipinski definition) is 10. The van der Waals surface area contributed by atoms with E-state index < -0.39 is 49.4 Å². The highest BCUT2D eigenvalue weighted by molar-refractivity contribution is 5.70. The average molecular weight is 757 g/mol. The lowest BCUT2D eigenvalue weighted by Gasteiger charge is -2.39. The van der Waals surface area contributed by atoms with Gasteiger partial charge in [-0.2, -0.15) is 0 Å². The summed E-state index contributed by atoms with van der Waals surface area (Å²) in [5, 5.41) is 40.0. The van der Waals surface area contributed by atoms with Crippen LogP contribution in [0.1, 0.15) is 194 Å². The fourth-order valence-electron chi connectivity index (χ4n) is 6.65. The van der Waals surface area contributed by atoms with Crippen LogP contribution in [0.3, 0.4) is 0 Å². The molecule has 6 unspecified atom stereocenters. The van der Waals surface area contributed by atoms with E-state index in [1.807, 2.05) is 0 Å². The van der Waals surface area contributed by atoms with Crippen molar-refractivity contribution in [2.45, 2.75) is 230 Å². The summed E-state index contributed by atoms with van der Waals surface area (Å²) in [5.41, 5.74) is 0. The molecule has 0 aliphatic carbocycles. The maximum atomic E-state index is 12.7. The second kappa shape index (κ2) is 34.9. The van der Waals surface area contributed by atoms with Gasteiger partial charge in [-0.05, 0) is 38.5 Å². The molecule has 10 nitrogen and oxygen atoms in total. The Bertz CT molecular complexity index is 881. The van der Waals surface area contributed by atoms with Crippen molar-refractivity contribution < 1.29 is 49.0 Å². The van der Waals surface area contributed by atoms with Gasteiger partial charge in [0.25, 0.3) is 0 Å². The molecule has 0 radical (unpaired) electrons.